The maximum atomic E-state index is 13.0. The highest BCUT2D eigenvalue weighted by Gasteiger charge is 2.44. The molecule has 7 unspecified atom stereocenters. The lowest BCUT2D eigenvalue weighted by Crippen LogP contribution is -2.60. The third-order valence-electron chi connectivity index (χ3n) is 13.4. The molecule has 1 aliphatic heterocycles. The first kappa shape index (κ1) is 65.6. The smallest absolute Gasteiger partial charge is 0.305 e. The largest absolute Gasteiger partial charge is 0.466 e. The van der Waals surface area contributed by atoms with Crippen LogP contribution in [0, 0.1) is 0 Å². The van der Waals surface area contributed by atoms with Crippen LogP contribution in [0.15, 0.2) is 48.6 Å². The predicted octanol–water partition coefficient (Wildman–Crippen LogP) is 12.9. The fourth-order valence-corrected chi connectivity index (χ4v) is 8.79. The number of carbonyl (C=O) groups excluding carboxylic acids is 2. The maximum absolute atomic E-state index is 13.0. The fourth-order valence-electron chi connectivity index (χ4n) is 8.79. The summed E-state index contributed by atoms with van der Waals surface area (Å²) in [7, 11) is 0. The van der Waals surface area contributed by atoms with E-state index in [0.717, 1.165) is 89.9 Å². The number of esters is 1. The number of unbranched alkanes of at least 4 members (excludes halogenated alkanes) is 30. The van der Waals surface area contributed by atoms with E-state index in [1.54, 1.807) is 6.08 Å². The van der Waals surface area contributed by atoms with Gasteiger partial charge in [-0.15, -0.1) is 0 Å². The molecule has 1 rings (SSSR count). The van der Waals surface area contributed by atoms with E-state index < -0.39 is 49.5 Å². The van der Waals surface area contributed by atoms with Gasteiger partial charge in [-0.05, 0) is 77.0 Å². The molecule has 6 N–H and O–H groups in total. The number of ether oxygens (including phenoxy) is 3. The normalized spacial score (nSPS) is 19.6. The molecule has 0 aromatic rings. The SMILES string of the molecule is CCCCC/C=C/CC/C=C/C(O)C(COC1OC(CO)C(O)C(O)C1O)NC(=O)CCCCCCCCCCCC/C=C\C=C/CCCCCOC(=O)CCCCCCCCCCCCCCCC. The summed E-state index contributed by atoms with van der Waals surface area (Å²) in [6, 6.07) is -0.834. The third-order valence-corrected chi connectivity index (χ3v) is 13.4. The van der Waals surface area contributed by atoms with Crippen LogP contribution in [-0.2, 0) is 23.8 Å². The van der Waals surface area contributed by atoms with Crippen molar-refractivity contribution in [1.82, 2.24) is 5.32 Å². The minimum atomic E-state index is -1.58. The van der Waals surface area contributed by atoms with Crippen LogP contribution in [0.2, 0.25) is 0 Å². The molecule has 1 fully saturated rings. The summed E-state index contributed by atoms with van der Waals surface area (Å²) in [4.78, 5) is 25.0. The van der Waals surface area contributed by atoms with Gasteiger partial charge in [-0.3, -0.25) is 9.59 Å². The molecule has 1 heterocycles. The van der Waals surface area contributed by atoms with Gasteiger partial charge < -0.3 is 45.1 Å². The first-order valence-corrected chi connectivity index (χ1v) is 28.9. The van der Waals surface area contributed by atoms with Gasteiger partial charge in [0.15, 0.2) is 6.29 Å². The lowest BCUT2D eigenvalue weighted by Gasteiger charge is -2.40. The molecule has 70 heavy (non-hydrogen) atoms. The van der Waals surface area contributed by atoms with Crippen molar-refractivity contribution in [3.8, 4) is 0 Å². The Balaban J connectivity index is 2.07. The van der Waals surface area contributed by atoms with Crippen molar-refractivity contribution in [2.75, 3.05) is 19.8 Å². The lowest BCUT2D eigenvalue weighted by molar-refractivity contribution is -0.302. The minimum absolute atomic E-state index is 0.0273. The highest BCUT2D eigenvalue weighted by Crippen LogP contribution is 2.23. The summed E-state index contributed by atoms with van der Waals surface area (Å²) >= 11 is 0. The maximum Gasteiger partial charge on any atom is 0.305 e. The number of hydrogen-bond acceptors (Lipinski definition) is 10. The highest BCUT2D eigenvalue weighted by molar-refractivity contribution is 5.76. The molecule has 1 aliphatic rings. The van der Waals surface area contributed by atoms with E-state index in [9.17, 15) is 35.1 Å². The fraction of sp³-hybridized carbons (Fsp3) is 0.831. The summed E-state index contributed by atoms with van der Waals surface area (Å²) in [5, 5.41) is 54.1. The number of nitrogens with one attached hydrogen (secondary N) is 1. The highest BCUT2D eigenvalue weighted by atomic mass is 16.7. The first-order valence-electron chi connectivity index (χ1n) is 28.9. The van der Waals surface area contributed by atoms with Gasteiger partial charge in [0.25, 0.3) is 0 Å². The number of carbonyl (C=O) groups is 2. The van der Waals surface area contributed by atoms with Crippen molar-refractivity contribution in [1.29, 1.82) is 0 Å². The van der Waals surface area contributed by atoms with Gasteiger partial charge in [-0.25, -0.2) is 0 Å². The molecule has 0 bridgehead atoms. The Hall–Kier alpha value is -2.38. The zero-order chi connectivity index (χ0) is 51.0. The van der Waals surface area contributed by atoms with Crippen LogP contribution in [0.25, 0.3) is 0 Å². The van der Waals surface area contributed by atoms with Gasteiger partial charge in [-0.1, -0.05) is 210 Å². The van der Waals surface area contributed by atoms with Crippen LogP contribution in [0.1, 0.15) is 251 Å². The zero-order valence-electron chi connectivity index (χ0n) is 44.7. The lowest BCUT2D eigenvalue weighted by atomic mass is 9.99. The van der Waals surface area contributed by atoms with Crippen LogP contribution in [0.4, 0.5) is 0 Å². The topological polar surface area (TPSA) is 175 Å². The van der Waals surface area contributed by atoms with E-state index in [2.05, 4.69) is 55.6 Å². The first-order chi connectivity index (χ1) is 34.2. The Kier molecular flexibility index (Phi) is 45.8. The number of aliphatic hydroxyl groups is 5. The molecule has 7 atom stereocenters. The molecule has 408 valence electrons. The predicted molar refractivity (Wildman–Crippen MR) is 287 cm³/mol. The molecule has 0 aromatic carbocycles. The summed E-state index contributed by atoms with van der Waals surface area (Å²) in [5.41, 5.74) is 0. The van der Waals surface area contributed by atoms with E-state index in [1.807, 2.05) is 6.08 Å². The van der Waals surface area contributed by atoms with Gasteiger partial charge >= 0.3 is 5.97 Å². The molecule has 1 saturated heterocycles. The Morgan fingerprint density at radius 3 is 1.53 bits per heavy atom. The monoisotopic (exact) mass is 990 g/mol. The number of rotatable bonds is 49. The van der Waals surface area contributed by atoms with Crippen LogP contribution in [-0.4, -0.2) is 100 Å². The van der Waals surface area contributed by atoms with Crippen LogP contribution in [0.5, 0.6) is 0 Å². The molecule has 0 aromatic heterocycles. The van der Waals surface area contributed by atoms with Gasteiger partial charge in [0.05, 0.1) is 32.0 Å². The summed E-state index contributed by atoms with van der Waals surface area (Å²) in [6.45, 7) is 4.22. The van der Waals surface area contributed by atoms with Crippen molar-refractivity contribution in [3.05, 3.63) is 48.6 Å². The second-order valence-corrected chi connectivity index (χ2v) is 20.0. The van der Waals surface area contributed by atoms with Gasteiger partial charge in [0.2, 0.25) is 5.91 Å². The number of hydrogen-bond donors (Lipinski definition) is 6. The molecule has 0 aliphatic carbocycles. The quantitative estimate of drug-likeness (QED) is 0.0149. The van der Waals surface area contributed by atoms with Gasteiger partial charge in [0.1, 0.15) is 24.4 Å². The molecule has 0 saturated carbocycles. The average molecular weight is 991 g/mol. The van der Waals surface area contributed by atoms with Crippen molar-refractivity contribution in [2.24, 2.45) is 0 Å². The standard InChI is InChI=1S/C59H107NO10/c1-3-5-7-9-11-13-14-15-24-27-31-35-39-43-47-55(64)68-48-44-40-36-32-28-25-22-20-18-16-17-19-21-23-26-30-34-38-42-46-54(63)60-51(52(62)45-41-37-33-29-12-10-8-6-4-2)50-69-59-58(67)57(66)56(65)53(49-61)70-59/h12,20,22,25,28-29,41,45,51-53,56-59,61-62,65-67H,3-11,13-19,21,23-24,26-27,30-40,42-44,46-50H2,1-2H3,(H,60,63)/b22-20-,28-25-,29-12+,45-41+. The van der Waals surface area contributed by atoms with Crippen LogP contribution < -0.4 is 5.32 Å². The van der Waals surface area contributed by atoms with Crippen molar-refractivity contribution in [2.45, 2.75) is 294 Å². The molecular formula is C59H107NO10. The second-order valence-electron chi connectivity index (χ2n) is 20.0. The van der Waals surface area contributed by atoms with Gasteiger partial charge in [-0.2, -0.15) is 0 Å². The summed E-state index contributed by atoms with van der Waals surface area (Å²) < 4.78 is 16.6. The van der Waals surface area contributed by atoms with Crippen molar-refractivity contribution >= 4 is 11.9 Å². The van der Waals surface area contributed by atoms with E-state index in [4.69, 9.17) is 14.2 Å². The van der Waals surface area contributed by atoms with Crippen LogP contribution in [0.3, 0.4) is 0 Å². The van der Waals surface area contributed by atoms with Gasteiger partial charge in [0, 0.05) is 12.8 Å². The molecule has 1 amide bonds. The second kappa shape index (κ2) is 48.9. The van der Waals surface area contributed by atoms with E-state index in [1.165, 1.54) is 135 Å². The minimum Gasteiger partial charge on any atom is -0.466 e. The molecule has 11 heteroatoms. The Bertz CT molecular complexity index is 1300. The average Bonchev–Trinajstić information content (AvgIpc) is 3.36. The molecule has 0 radical (unpaired) electrons. The Labute approximate surface area is 427 Å². The van der Waals surface area contributed by atoms with E-state index in [-0.39, 0.29) is 18.5 Å². The number of allylic oxidation sites excluding steroid dienone is 7. The van der Waals surface area contributed by atoms with E-state index >= 15 is 0 Å². The van der Waals surface area contributed by atoms with E-state index in [0.29, 0.717) is 19.4 Å². The number of aliphatic hydroxyl groups excluding tert-OH is 5. The third kappa shape index (κ3) is 38.3. The number of amides is 1. The molecular weight excluding hydrogens is 883 g/mol. The van der Waals surface area contributed by atoms with Crippen LogP contribution >= 0.6 is 0 Å². The molecule has 0 spiro atoms. The summed E-state index contributed by atoms with van der Waals surface area (Å²) in [6.07, 6.45) is 50.8. The van der Waals surface area contributed by atoms with Crippen molar-refractivity contribution in [3.63, 3.8) is 0 Å². The Morgan fingerprint density at radius 1 is 0.529 bits per heavy atom. The van der Waals surface area contributed by atoms with Crippen molar-refractivity contribution < 1.29 is 49.3 Å². The Morgan fingerprint density at radius 2 is 0.971 bits per heavy atom. The summed E-state index contributed by atoms with van der Waals surface area (Å²) in [5.74, 6) is -0.232. The molecule has 11 nitrogen and oxygen atoms in total. The zero-order valence-corrected chi connectivity index (χ0v) is 44.7.